The largest absolute Gasteiger partial charge is 0.465 e. The highest BCUT2D eigenvalue weighted by Crippen LogP contribution is 2.16. The molecule has 0 aliphatic carbocycles. The molecule has 0 radical (unpaired) electrons. The zero-order valence-electron chi connectivity index (χ0n) is 10.6. The topological polar surface area (TPSA) is 39.2 Å². The van der Waals surface area contributed by atoms with Gasteiger partial charge >= 0.3 is 5.97 Å². The van der Waals surface area contributed by atoms with Crippen LogP contribution in [0.2, 0.25) is 0 Å². The SMILES string of the molecule is C#C/C(C)=C(/C#CC)c1ccc(C(=O)OC)cn1. The smallest absolute Gasteiger partial charge is 0.339 e. The highest BCUT2D eigenvalue weighted by molar-refractivity contribution is 5.89. The van der Waals surface area contributed by atoms with Gasteiger partial charge in [-0.15, -0.1) is 12.3 Å². The molecule has 0 bridgehead atoms. The molecule has 0 aromatic carbocycles. The van der Waals surface area contributed by atoms with Gasteiger partial charge in [0.25, 0.3) is 0 Å². The number of terminal acetylenes is 1. The van der Waals surface area contributed by atoms with Crippen LogP contribution in [0.25, 0.3) is 5.57 Å². The molecule has 1 rings (SSSR count). The first-order valence-electron chi connectivity index (χ1n) is 5.29. The Morgan fingerprint density at radius 2 is 2.17 bits per heavy atom. The Bertz CT molecular complexity index is 578. The summed E-state index contributed by atoms with van der Waals surface area (Å²) in [5, 5.41) is 0. The van der Waals surface area contributed by atoms with Crippen LogP contribution in [-0.2, 0) is 4.74 Å². The monoisotopic (exact) mass is 239 g/mol. The maximum Gasteiger partial charge on any atom is 0.339 e. The van der Waals surface area contributed by atoms with Crippen molar-refractivity contribution in [3.05, 3.63) is 35.2 Å². The Morgan fingerprint density at radius 3 is 2.61 bits per heavy atom. The van der Waals surface area contributed by atoms with Gasteiger partial charge in [0.1, 0.15) is 0 Å². The van der Waals surface area contributed by atoms with Crippen molar-refractivity contribution in [1.29, 1.82) is 0 Å². The number of pyridine rings is 1. The van der Waals surface area contributed by atoms with Gasteiger partial charge in [0.15, 0.2) is 0 Å². The van der Waals surface area contributed by atoms with Crippen LogP contribution < -0.4 is 0 Å². The number of carbonyl (C=O) groups is 1. The fourth-order valence-electron chi connectivity index (χ4n) is 1.33. The Morgan fingerprint density at radius 1 is 1.44 bits per heavy atom. The summed E-state index contributed by atoms with van der Waals surface area (Å²) in [6, 6.07) is 3.34. The molecule has 0 spiro atoms. The summed E-state index contributed by atoms with van der Waals surface area (Å²) in [5.74, 6) is 7.84. The molecule has 1 aromatic heterocycles. The van der Waals surface area contributed by atoms with Gasteiger partial charge in [-0.3, -0.25) is 4.98 Å². The van der Waals surface area contributed by atoms with E-state index in [1.165, 1.54) is 13.3 Å². The molecule has 1 aromatic rings. The Hall–Kier alpha value is -2.52. The highest BCUT2D eigenvalue weighted by atomic mass is 16.5. The van der Waals surface area contributed by atoms with E-state index in [0.29, 0.717) is 22.4 Å². The molecule has 0 saturated carbocycles. The summed E-state index contributed by atoms with van der Waals surface area (Å²) < 4.78 is 4.60. The first-order chi connectivity index (χ1) is 8.63. The molecule has 0 N–H and O–H groups in total. The van der Waals surface area contributed by atoms with Crippen LogP contribution in [0.3, 0.4) is 0 Å². The van der Waals surface area contributed by atoms with E-state index >= 15 is 0 Å². The molecule has 3 heteroatoms. The summed E-state index contributed by atoms with van der Waals surface area (Å²) in [5.41, 5.74) is 2.44. The zero-order chi connectivity index (χ0) is 13.5. The van der Waals surface area contributed by atoms with Crippen molar-refractivity contribution in [3.8, 4) is 24.2 Å². The van der Waals surface area contributed by atoms with Crippen LogP contribution in [0.5, 0.6) is 0 Å². The van der Waals surface area contributed by atoms with Crippen LogP contribution in [0, 0.1) is 24.2 Å². The van der Waals surface area contributed by atoms with Gasteiger partial charge in [0.2, 0.25) is 0 Å². The first-order valence-corrected chi connectivity index (χ1v) is 5.29. The lowest BCUT2D eigenvalue weighted by Crippen LogP contribution is -2.02. The van der Waals surface area contributed by atoms with Gasteiger partial charge < -0.3 is 4.74 Å². The van der Waals surface area contributed by atoms with Crippen molar-refractivity contribution < 1.29 is 9.53 Å². The number of hydrogen-bond acceptors (Lipinski definition) is 3. The lowest BCUT2D eigenvalue weighted by Gasteiger charge is -2.03. The molecule has 1 heterocycles. The van der Waals surface area contributed by atoms with E-state index in [1.807, 2.05) is 0 Å². The maximum atomic E-state index is 11.3. The van der Waals surface area contributed by atoms with Crippen LogP contribution in [-0.4, -0.2) is 18.1 Å². The number of rotatable bonds is 2. The Kier molecular flexibility index (Phi) is 4.72. The quantitative estimate of drug-likeness (QED) is 0.587. The van der Waals surface area contributed by atoms with Gasteiger partial charge in [-0.1, -0.05) is 11.8 Å². The second-order valence-corrected chi connectivity index (χ2v) is 3.44. The third kappa shape index (κ3) is 2.99. The van der Waals surface area contributed by atoms with Gasteiger partial charge in [-0.25, -0.2) is 4.79 Å². The third-order valence-corrected chi connectivity index (χ3v) is 2.28. The minimum Gasteiger partial charge on any atom is -0.465 e. The van der Waals surface area contributed by atoms with Crippen molar-refractivity contribution in [2.24, 2.45) is 0 Å². The fourth-order valence-corrected chi connectivity index (χ4v) is 1.33. The van der Waals surface area contributed by atoms with E-state index in [4.69, 9.17) is 6.42 Å². The summed E-state index contributed by atoms with van der Waals surface area (Å²) in [7, 11) is 1.33. The number of ether oxygens (including phenoxy) is 1. The lowest BCUT2D eigenvalue weighted by atomic mass is 10.1. The molecule has 0 amide bonds. The second-order valence-electron chi connectivity index (χ2n) is 3.44. The normalized spacial score (nSPS) is 10.6. The fraction of sp³-hybridized carbons (Fsp3) is 0.200. The number of methoxy groups -OCH3 is 1. The molecule has 18 heavy (non-hydrogen) atoms. The summed E-state index contributed by atoms with van der Waals surface area (Å²) >= 11 is 0. The predicted octanol–water partition coefficient (Wildman–Crippen LogP) is 2.30. The number of carbonyl (C=O) groups excluding carboxylic acids is 1. The number of allylic oxidation sites excluding steroid dienone is 2. The van der Waals surface area contributed by atoms with Gasteiger partial charge in [-0.05, 0) is 26.0 Å². The maximum absolute atomic E-state index is 11.3. The van der Waals surface area contributed by atoms with Crippen molar-refractivity contribution in [1.82, 2.24) is 4.98 Å². The van der Waals surface area contributed by atoms with E-state index in [1.54, 1.807) is 26.0 Å². The molecule has 3 nitrogen and oxygen atoms in total. The van der Waals surface area contributed by atoms with Gasteiger partial charge in [-0.2, -0.15) is 0 Å². The molecular formula is C15H13NO2. The molecule has 0 fully saturated rings. The van der Waals surface area contributed by atoms with Crippen LogP contribution in [0.1, 0.15) is 29.9 Å². The van der Waals surface area contributed by atoms with E-state index in [2.05, 4.69) is 27.5 Å². The molecule has 0 atom stereocenters. The minimum absolute atomic E-state index is 0.392. The van der Waals surface area contributed by atoms with Gasteiger partial charge in [0, 0.05) is 11.8 Å². The summed E-state index contributed by atoms with van der Waals surface area (Å²) in [4.78, 5) is 15.5. The average molecular weight is 239 g/mol. The van der Waals surface area contributed by atoms with Crippen LogP contribution in [0.4, 0.5) is 0 Å². The molecule has 0 aliphatic heterocycles. The molecule has 0 saturated heterocycles. The van der Waals surface area contributed by atoms with E-state index in [-0.39, 0.29) is 0 Å². The van der Waals surface area contributed by atoms with E-state index in [9.17, 15) is 4.79 Å². The average Bonchev–Trinajstić information content (AvgIpc) is 2.43. The Balaban J connectivity index is 3.21. The molecular weight excluding hydrogens is 226 g/mol. The van der Waals surface area contributed by atoms with Crippen molar-refractivity contribution >= 4 is 11.5 Å². The van der Waals surface area contributed by atoms with E-state index in [0.717, 1.165) is 0 Å². The van der Waals surface area contributed by atoms with Crippen LogP contribution >= 0.6 is 0 Å². The summed E-state index contributed by atoms with van der Waals surface area (Å²) in [6.45, 7) is 3.53. The number of aromatic nitrogens is 1. The van der Waals surface area contributed by atoms with Gasteiger partial charge in [0.05, 0.1) is 23.9 Å². The summed E-state index contributed by atoms with van der Waals surface area (Å²) in [6.07, 6.45) is 6.81. The van der Waals surface area contributed by atoms with Crippen LogP contribution in [0.15, 0.2) is 23.9 Å². The van der Waals surface area contributed by atoms with Crippen molar-refractivity contribution in [3.63, 3.8) is 0 Å². The number of esters is 1. The molecule has 0 unspecified atom stereocenters. The zero-order valence-corrected chi connectivity index (χ0v) is 10.6. The lowest BCUT2D eigenvalue weighted by molar-refractivity contribution is 0.0600. The standard InChI is InChI=1S/C15H13NO2/c1-5-7-13(11(3)6-2)14-9-8-12(10-16-14)15(17)18-4/h2,8-10H,1,3-4H3/b13-11-. The number of hydrogen-bond donors (Lipinski definition) is 0. The molecule has 90 valence electrons. The van der Waals surface area contributed by atoms with E-state index < -0.39 is 5.97 Å². The number of nitrogens with zero attached hydrogens (tertiary/aromatic N) is 1. The molecule has 0 aliphatic rings. The third-order valence-electron chi connectivity index (χ3n) is 2.28. The predicted molar refractivity (Wildman–Crippen MR) is 70.5 cm³/mol. The van der Waals surface area contributed by atoms with Crippen molar-refractivity contribution in [2.45, 2.75) is 13.8 Å². The minimum atomic E-state index is -0.421. The Labute approximate surface area is 107 Å². The van der Waals surface area contributed by atoms with Crippen molar-refractivity contribution in [2.75, 3.05) is 7.11 Å². The second kappa shape index (κ2) is 6.27. The first kappa shape index (κ1) is 13.5. The highest BCUT2D eigenvalue weighted by Gasteiger charge is 2.08.